The molecule has 0 aliphatic carbocycles. The van der Waals surface area contributed by atoms with Gasteiger partial charge in [0.05, 0.1) is 16.8 Å². The van der Waals surface area contributed by atoms with Gasteiger partial charge in [-0.05, 0) is 35.9 Å². The summed E-state index contributed by atoms with van der Waals surface area (Å²) in [4.78, 5) is 13.5. The Hall–Kier alpha value is -3.01. The lowest BCUT2D eigenvalue weighted by Gasteiger charge is -2.35. The molecule has 1 aromatic heterocycles. The van der Waals surface area contributed by atoms with Crippen molar-refractivity contribution in [3.05, 3.63) is 87.5 Å². The topological polar surface area (TPSA) is 50.2 Å². The number of para-hydroxylation sites is 1. The minimum atomic E-state index is -4.47. The first-order valence-corrected chi connectivity index (χ1v) is 12.4. The Morgan fingerprint density at radius 1 is 1.00 bits per heavy atom. The average molecular weight is 553 g/mol. The third-order valence-corrected chi connectivity index (χ3v) is 6.35. The van der Waals surface area contributed by atoms with Gasteiger partial charge in [0, 0.05) is 49.5 Å². The Labute approximate surface area is 223 Å². The standard InChI is InChI=1S/C26H25Cl2F3N4O2/c27-22-7-5-19(6-8-22)18-37-33-16-20-3-1-2-4-24(20)36-14-13-34-9-11-35(12-10-34)25-23(28)15-21(17-32-25)26(29,30)31/h1-8,15-17H,9-14,18H2. The first-order valence-electron chi connectivity index (χ1n) is 11.6. The molecule has 6 nitrogen and oxygen atoms in total. The lowest BCUT2D eigenvalue weighted by atomic mass is 10.2. The molecule has 4 rings (SSSR count). The molecule has 0 atom stereocenters. The highest BCUT2D eigenvalue weighted by Crippen LogP contribution is 2.33. The molecule has 2 aromatic carbocycles. The number of benzene rings is 2. The lowest BCUT2D eigenvalue weighted by molar-refractivity contribution is -0.137. The first kappa shape index (κ1) is 27.0. The number of nitrogens with zero attached hydrogens (tertiary/aromatic N) is 4. The van der Waals surface area contributed by atoms with Crippen LogP contribution in [-0.4, -0.2) is 55.4 Å². The van der Waals surface area contributed by atoms with Crippen LogP contribution in [0.2, 0.25) is 10.0 Å². The number of piperazine rings is 1. The summed E-state index contributed by atoms with van der Waals surface area (Å²) in [5, 5.41) is 4.72. The van der Waals surface area contributed by atoms with Crippen LogP contribution in [0.15, 0.2) is 65.9 Å². The summed E-state index contributed by atoms with van der Waals surface area (Å²) in [5.41, 5.74) is 0.907. The van der Waals surface area contributed by atoms with Crippen molar-refractivity contribution in [1.82, 2.24) is 9.88 Å². The molecular weight excluding hydrogens is 528 g/mol. The summed E-state index contributed by atoms with van der Waals surface area (Å²) in [6, 6.07) is 15.8. The zero-order chi connectivity index (χ0) is 26.3. The minimum Gasteiger partial charge on any atom is -0.492 e. The molecule has 11 heteroatoms. The zero-order valence-corrected chi connectivity index (χ0v) is 21.3. The molecule has 0 unspecified atom stereocenters. The van der Waals surface area contributed by atoms with E-state index >= 15 is 0 Å². The fraction of sp³-hybridized carbons (Fsp3) is 0.308. The van der Waals surface area contributed by atoms with E-state index in [1.165, 1.54) is 0 Å². The van der Waals surface area contributed by atoms with Gasteiger partial charge in [0.25, 0.3) is 0 Å². The van der Waals surface area contributed by atoms with E-state index in [0.29, 0.717) is 62.5 Å². The maximum absolute atomic E-state index is 12.9. The van der Waals surface area contributed by atoms with Crippen LogP contribution in [0.5, 0.6) is 5.75 Å². The maximum Gasteiger partial charge on any atom is 0.417 e. The van der Waals surface area contributed by atoms with Gasteiger partial charge in [-0.3, -0.25) is 4.90 Å². The molecule has 0 amide bonds. The van der Waals surface area contributed by atoms with E-state index in [4.69, 9.17) is 32.8 Å². The fourth-order valence-electron chi connectivity index (χ4n) is 3.79. The number of halogens is 5. The molecule has 0 saturated carbocycles. The number of hydrogen-bond donors (Lipinski definition) is 0. The van der Waals surface area contributed by atoms with Gasteiger partial charge in [-0.1, -0.05) is 52.6 Å². The SMILES string of the molecule is FC(F)(F)c1cnc(N2CCN(CCOc3ccccc3C=NOCc3ccc(Cl)cc3)CC2)c(Cl)c1. The highest BCUT2D eigenvalue weighted by Gasteiger charge is 2.32. The Bertz CT molecular complexity index is 1200. The van der Waals surface area contributed by atoms with E-state index < -0.39 is 11.7 Å². The lowest BCUT2D eigenvalue weighted by Crippen LogP contribution is -2.47. The van der Waals surface area contributed by atoms with E-state index in [1.807, 2.05) is 41.3 Å². The third-order valence-electron chi connectivity index (χ3n) is 5.82. The van der Waals surface area contributed by atoms with Gasteiger partial charge in [0.1, 0.15) is 24.8 Å². The normalized spacial score (nSPS) is 14.8. The average Bonchev–Trinajstić information content (AvgIpc) is 2.88. The van der Waals surface area contributed by atoms with Crippen LogP contribution in [0.4, 0.5) is 19.0 Å². The van der Waals surface area contributed by atoms with Crippen LogP contribution in [0.25, 0.3) is 0 Å². The van der Waals surface area contributed by atoms with Crippen molar-refractivity contribution >= 4 is 35.2 Å². The quantitative estimate of drug-likeness (QED) is 0.235. The molecule has 1 fully saturated rings. The molecule has 1 saturated heterocycles. The van der Waals surface area contributed by atoms with Crippen molar-refractivity contribution in [2.24, 2.45) is 5.16 Å². The van der Waals surface area contributed by atoms with Crippen LogP contribution >= 0.6 is 23.2 Å². The number of alkyl halides is 3. The van der Waals surface area contributed by atoms with Crippen LogP contribution in [0.3, 0.4) is 0 Å². The molecule has 2 heterocycles. The van der Waals surface area contributed by atoms with Crippen LogP contribution in [0, 0.1) is 0 Å². The fourth-order valence-corrected chi connectivity index (χ4v) is 4.20. The van der Waals surface area contributed by atoms with E-state index in [2.05, 4.69) is 15.0 Å². The van der Waals surface area contributed by atoms with Crippen LogP contribution in [-0.2, 0) is 17.6 Å². The van der Waals surface area contributed by atoms with Gasteiger partial charge >= 0.3 is 6.18 Å². The summed E-state index contributed by atoms with van der Waals surface area (Å²) < 4.78 is 44.6. The zero-order valence-electron chi connectivity index (χ0n) is 19.8. The summed E-state index contributed by atoms with van der Waals surface area (Å²) in [5.74, 6) is 1.07. The number of anilines is 1. The molecule has 0 N–H and O–H groups in total. The Morgan fingerprint density at radius 3 is 2.43 bits per heavy atom. The highest BCUT2D eigenvalue weighted by molar-refractivity contribution is 6.33. The smallest absolute Gasteiger partial charge is 0.417 e. The van der Waals surface area contributed by atoms with Crippen molar-refractivity contribution in [3.63, 3.8) is 0 Å². The van der Waals surface area contributed by atoms with Crippen molar-refractivity contribution in [2.45, 2.75) is 12.8 Å². The number of rotatable bonds is 9. The Morgan fingerprint density at radius 2 is 1.73 bits per heavy atom. The predicted molar refractivity (Wildman–Crippen MR) is 139 cm³/mol. The maximum atomic E-state index is 12.9. The predicted octanol–water partition coefficient (Wildman–Crippen LogP) is 6.16. The molecule has 196 valence electrons. The summed E-state index contributed by atoms with van der Waals surface area (Å²) in [6.07, 6.45) is -2.03. The second-order valence-corrected chi connectivity index (χ2v) is 9.22. The molecule has 37 heavy (non-hydrogen) atoms. The van der Waals surface area contributed by atoms with Gasteiger partial charge in [0.2, 0.25) is 0 Å². The summed E-state index contributed by atoms with van der Waals surface area (Å²) in [6.45, 7) is 4.12. The number of pyridine rings is 1. The van der Waals surface area contributed by atoms with Gasteiger partial charge < -0.3 is 14.5 Å². The molecule has 0 bridgehead atoms. The number of hydrogen-bond acceptors (Lipinski definition) is 6. The molecule has 1 aliphatic heterocycles. The Balaban J connectivity index is 1.22. The molecule has 0 spiro atoms. The minimum absolute atomic E-state index is 0.00187. The summed E-state index contributed by atoms with van der Waals surface area (Å²) >= 11 is 12.0. The number of oxime groups is 1. The van der Waals surface area contributed by atoms with Crippen LogP contribution in [0.1, 0.15) is 16.7 Å². The first-order chi connectivity index (χ1) is 17.8. The number of ether oxygens (including phenoxy) is 1. The van der Waals surface area contributed by atoms with Crippen molar-refractivity contribution < 1.29 is 22.7 Å². The van der Waals surface area contributed by atoms with Crippen LogP contribution < -0.4 is 9.64 Å². The molecule has 1 aliphatic rings. The van der Waals surface area contributed by atoms with Gasteiger partial charge in [0.15, 0.2) is 0 Å². The van der Waals surface area contributed by atoms with Gasteiger partial charge in [-0.2, -0.15) is 13.2 Å². The van der Waals surface area contributed by atoms with Gasteiger partial charge in [-0.25, -0.2) is 4.98 Å². The van der Waals surface area contributed by atoms with Crippen molar-refractivity contribution in [1.29, 1.82) is 0 Å². The van der Waals surface area contributed by atoms with E-state index in [0.717, 1.165) is 23.4 Å². The van der Waals surface area contributed by atoms with E-state index in [9.17, 15) is 13.2 Å². The number of aromatic nitrogens is 1. The largest absolute Gasteiger partial charge is 0.492 e. The third kappa shape index (κ3) is 7.74. The second-order valence-electron chi connectivity index (χ2n) is 8.38. The highest BCUT2D eigenvalue weighted by atomic mass is 35.5. The second kappa shape index (κ2) is 12.5. The summed E-state index contributed by atoms with van der Waals surface area (Å²) in [7, 11) is 0. The van der Waals surface area contributed by atoms with Gasteiger partial charge in [-0.15, -0.1) is 0 Å². The molecule has 3 aromatic rings. The monoisotopic (exact) mass is 552 g/mol. The van der Waals surface area contributed by atoms with E-state index in [-0.39, 0.29) is 5.02 Å². The van der Waals surface area contributed by atoms with Crippen molar-refractivity contribution in [3.8, 4) is 5.75 Å². The molecular formula is C26H25Cl2F3N4O2. The van der Waals surface area contributed by atoms with Crippen molar-refractivity contribution in [2.75, 3.05) is 44.2 Å². The Kier molecular flexibility index (Phi) is 9.13. The molecule has 0 radical (unpaired) electrons. The van der Waals surface area contributed by atoms with E-state index in [1.54, 1.807) is 18.3 Å².